The molecule has 3 heteroatoms. The number of ether oxygens (including phenoxy) is 1. The maximum Gasteiger partial charge on any atom is 0.132 e. The highest BCUT2D eigenvalue weighted by Gasteiger charge is 2.22. The Morgan fingerprint density at radius 1 is 1.21 bits per heavy atom. The molecule has 1 heterocycles. The summed E-state index contributed by atoms with van der Waals surface area (Å²) in [6.45, 7) is 0. The number of carbonyl (C=O) groups excluding carboxylic acids is 1. The summed E-state index contributed by atoms with van der Waals surface area (Å²) in [6.07, 6.45) is 5.10. The second kappa shape index (κ2) is 5.00. The van der Waals surface area contributed by atoms with Gasteiger partial charge in [-0.15, -0.1) is 0 Å². The Labute approximate surface area is 112 Å². The third kappa shape index (κ3) is 2.33. The largest absolute Gasteiger partial charge is 0.497 e. The van der Waals surface area contributed by atoms with Gasteiger partial charge < -0.3 is 4.74 Å². The van der Waals surface area contributed by atoms with E-state index >= 15 is 0 Å². The van der Waals surface area contributed by atoms with Crippen molar-refractivity contribution in [3.05, 3.63) is 36.2 Å². The highest BCUT2D eigenvalue weighted by molar-refractivity contribution is 5.86. The van der Waals surface area contributed by atoms with E-state index in [0.717, 1.165) is 29.7 Å². The third-order valence-electron chi connectivity index (χ3n) is 3.93. The van der Waals surface area contributed by atoms with Crippen molar-refractivity contribution < 1.29 is 9.53 Å². The van der Waals surface area contributed by atoms with Gasteiger partial charge in [0.1, 0.15) is 11.5 Å². The number of hydrogen-bond donors (Lipinski definition) is 0. The molecule has 1 fully saturated rings. The molecule has 3 nitrogen and oxygen atoms in total. The monoisotopic (exact) mass is 255 g/mol. The summed E-state index contributed by atoms with van der Waals surface area (Å²) in [7, 11) is 1.68. The molecular formula is C16H17NO2. The van der Waals surface area contributed by atoms with Gasteiger partial charge in [0, 0.05) is 30.3 Å². The topological polar surface area (TPSA) is 39.2 Å². The van der Waals surface area contributed by atoms with Crippen molar-refractivity contribution in [2.45, 2.75) is 31.6 Å². The lowest BCUT2D eigenvalue weighted by Gasteiger charge is -2.21. The van der Waals surface area contributed by atoms with Crippen LogP contribution >= 0.6 is 0 Å². The van der Waals surface area contributed by atoms with Crippen LogP contribution in [0.3, 0.4) is 0 Å². The fraction of sp³-hybridized carbons (Fsp3) is 0.375. The summed E-state index contributed by atoms with van der Waals surface area (Å²) in [5.74, 6) is 1.66. The molecule has 0 unspecified atom stereocenters. The van der Waals surface area contributed by atoms with Crippen molar-refractivity contribution in [3.8, 4) is 5.75 Å². The molecule has 1 aliphatic carbocycles. The molecule has 0 saturated heterocycles. The molecule has 3 rings (SSSR count). The summed E-state index contributed by atoms with van der Waals surface area (Å²) >= 11 is 0. The van der Waals surface area contributed by atoms with Crippen LogP contribution in [-0.4, -0.2) is 17.9 Å². The number of benzene rings is 1. The van der Waals surface area contributed by atoms with E-state index in [1.54, 1.807) is 7.11 Å². The van der Waals surface area contributed by atoms with Crippen molar-refractivity contribution in [1.29, 1.82) is 0 Å². The van der Waals surface area contributed by atoms with Crippen molar-refractivity contribution in [2.75, 3.05) is 7.11 Å². The number of methoxy groups -OCH3 is 1. The standard InChI is InChI=1S/C16H17NO2/c1-19-14-6-7-15-12(10-14)8-9-17-16(15)11-2-4-13(18)5-3-11/h6-11H,2-5H2,1H3. The van der Waals surface area contributed by atoms with Crippen LogP contribution in [0.5, 0.6) is 5.75 Å². The molecule has 0 amide bonds. The first-order chi connectivity index (χ1) is 9.28. The van der Waals surface area contributed by atoms with Gasteiger partial charge in [-0.3, -0.25) is 9.78 Å². The third-order valence-corrected chi connectivity index (χ3v) is 3.93. The zero-order valence-corrected chi connectivity index (χ0v) is 11.1. The number of nitrogens with zero attached hydrogens (tertiary/aromatic N) is 1. The van der Waals surface area contributed by atoms with Gasteiger partial charge in [0.15, 0.2) is 0 Å². The number of pyridine rings is 1. The van der Waals surface area contributed by atoms with E-state index in [-0.39, 0.29) is 0 Å². The summed E-state index contributed by atoms with van der Waals surface area (Å²) in [6, 6.07) is 8.10. The van der Waals surface area contributed by atoms with Crippen molar-refractivity contribution in [2.24, 2.45) is 0 Å². The smallest absolute Gasteiger partial charge is 0.132 e. The molecule has 0 radical (unpaired) electrons. The first-order valence-corrected chi connectivity index (χ1v) is 6.72. The Morgan fingerprint density at radius 3 is 2.74 bits per heavy atom. The average Bonchev–Trinajstić information content (AvgIpc) is 2.47. The highest BCUT2D eigenvalue weighted by Crippen LogP contribution is 2.34. The number of ketones is 1. The van der Waals surface area contributed by atoms with E-state index in [0.29, 0.717) is 24.5 Å². The predicted octanol–water partition coefficient (Wildman–Crippen LogP) is 3.47. The lowest BCUT2D eigenvalue weighted by atomic mass is 9.84. The average molecular weight is 255 g/mol. The van der Waals surface area contributed by atoms with Crippen LogP contribution in [0.25, 0.3) is 10.8 Å². The lowest BCUT2D eigenvalue weighted by Crippen LogP contribution is -2.13. The number of carbonyl (C=O) groups is 1. The van der Waals surface area contributed by atoms with E-state index < -0.39 is 0 Å². The fourth-order valence-corrected chi connectivity index (χ4v) is 2.84. The van der Waals surface area contributed by atoms with Crippen molar-refractivity contribution >= 4 is 16.6 Å². The van der Waals surface area contributed by atoms with Crippen LogP contribution in [0.2, 0.25) is 0 Å². The lowest BCUT2D eigenvalue weighted by molar-refractivity contribution is -0.120. The van der Waals surface area contributed by atoms with E-state index in [4.69, 9.17) is 4.74 Å². The Morgan fingerprint density at radius 2 is 2.00 bits per heavy atom. The fourth-order valence-electron chi connectivity index (χ4n) is 2.84. The van der Waals surface area contributed by atoms with Gasteiger partial charge in [-0.2, -0.15) is 0 Å². The molecule has 0 aliphatic heterocycles. The van der Waals surface area contributed by atoms with E-state index in [2.05, 4.69) is 11.1 Å². The van der Waals surface area contributed by atoms with Crippen molar-refractivity contribution in [1.82, 2.24) is 4.98 Å². The molecule has 1 aliphatic rings. The van der Waals surface area contributed by atoms with Gasteiger partial charge in [0.05, 0.1) is 12.8 Å². The summed E-state index contributed by atoms with van der Waals surface area (Å²) in [4.78, 5) is 15.9. The summed E-state index contributed by atoms with van der Waals surface area (Å²) in [5, 5.41) is 2.34. The molecule has 0 N–H and O–H groups in total. The number of rotatable bonds is 2. The quantitative estimate of drug-likeness (QED) is 0.824. The minimum atomic E-state index is 0.387. The maximum atomic E-state index is 11.4. The summed E-state index contributed by atoms with van der Waals surface area (Å²) < 4.78 is 5.26. The van der Waals surface area contributed by atoms with Gasteiger partial charge in [-0.1, -0.05) is 0 Å². The van der Waals surface area contributed by atoms with E-state index in [1.807, 2.05) is 24.4 Å². The highest BCUT2D eigenvalue weighted by atomic mass is 16.5. The zero-order valence-electron chi connectivity index (χ0n) is 11.1. The van der Waals surface area contributed by atoms with Crippen LogP contribution < -0.4 is 4.74 Å². The van der Waals surface area contributed by atoms with Crippen LogP contribution in [0.15, 0.2) is 30.5 Å². The number of aromatic nitrogens is 1. The Bertz CT molecular complexity index is 611. The van der Waals surface area contributed by atoms with Crippen molar-refractivity contribution in [3.63, 3.8) is 0 Å². The Balaban J connectivity index is 2.01. The second-order valence-corrected chi connectivity index (χ2v) is 5.10. The second-order valence-electron chi connectivity index (χ2n) is 5.10. The summed E-state index contributed by atoms with van der Waals surface area (Å²) in [5.41, 5.74) is 1.13. The molecule has 98 valence electrons. The van der Waals surface area contributed by atoms with E-state index in [1.165, 1.54) is 5.39 Å². The zero-order chi connectivity index (χ0) is 13.2. The van der Waals surface area contributed by atoms with Gasteiger partial charge in [0.25, 0.3) is 0 Å². The van der Waals surface area contributed by atoms with Gasteiger partial charge in [-0.25, -0.2) is 0 Å². The molecule has 0 spiro atoms. The normalized spacial score (nSPS) is 16.8. The van der Waals surface area contributed by atoms with Crippen LogP contribution in [0.1, 0.15) is 37.3 Å². The minimum Gasteiger partial charge on any atom is -0.497 e. The molecule has 2 aromatic rings. The van der Waals surface area contributed by atoms with Gasteiger partial charge >= 0.3 is 0 Å². The van der Waals surface area contributed by atoms with Gasteiger partial charge in [-0.05, 0) is 42.5 Å². The molecular weight excluding hydrogens is 238 g/mol. The Kier molecular flexibility index (Phi) is 3.20. The molecule has 1 aromatic carbocycles. The molecule has 0 bridgehead atoms. The molecule has 0 atom stereocenters. The SMILES string of the molecule is COc1ccc2c(C3CCC(=O)CC3)nccc2c1. The molecule has 1 aromatic heterocycles. The van der Waals surface area contributed by atoms with Crippen LogP contribution in [-0.2, 0) is 4.79 Å². The Hall–Kier alpha value is -1.90. The number of Topliss-reactive ketones (excluding diaryl/α,β-unsaturated/α-hetero) is 1. The number of hydrogen-bond acceptors (Lipinski definition) is 3. The minimum absolute atomic E-state index is 0.387. The predicted molar refractivity (Wildman–Crippen MR) is 74.5 cm³/mol. The first-order valence-electron chi connectivity index (χ1n) is 6.72. The first kappa shape index (κ1) is 12.2. The van der Waals surface area contributed by atoms with Gasteiger partial charge in [0.2, 0.25) is 0 Å². The van der Waals surface area contributed by atoms with Crippen LogP contribution in [0, 0.1) is 0 Å². The van der Waals surface area contributed by atoms with Crippen LogP contribution in [0.4, 0.5) is 0 Å². The maximum absolute atomic E-state index is 11.4. The molecule has 19 heavy (non-hydrogen) atoms. The number of fused-ring (bicyclic) bond motifs is 1. The van der Waals surface area contributed by atoms with E-state index in [9.17, 15) is 4.79 Å². The molecule has 1 saturated carbocycles.